The molecule has 162 valence electrons. The lowest BCUT2D eigenvalue weighted by atomic mass is 9.77. The second kappa shape index (κ2) is 6.92. The molecule has 0 N–H and O–H groups in total. The predicted octanol–water partition coefficient (Wildman–Crippen LogP) is 3.59. The molecule has 31 heavy (non-hydrogen) atoms. The Morgan fingerprint density at radius 2 is 1.71 bits per heavy atom. The topological polar surface area (TPSA) is 70.4 Å². The van der Waals surface area contributed by atoms with Crippen LogP contribution in [0.25, 0.3) is 11.0 Å². The summed E-state index contributed by atoms with van der Waals surface area (Å²) in [6.45, 7) is 8.07. The summed E-state index contributed by atoms with van der Waals surface area (Å²) >= 11 is 0. The molecule has 1 aliphatic carbocycles. The summed E-state index contributed by atoms with van der Waals surface area (Å²) in [5, 5.41) is 0.750. The average molecular weight is 438 g/mol. The van der Waals surface area contributed by atoms with E-state index in [0.717, 1.165) is 34.9 Å². The van der Waals surface area contributed by atoms with Crippen molar-refractivity contribution in [1.29, 1.82) is 0 Å². The number of nitrogens with zero attached hydrogens (tertiary/aromatic N) is 2. The van der Waals surface area contributed by atoms with Crippen LogP contribution in [-0.4, -0.2) is 35.7 Å². The van der Waals surface area contributed by atoms with E-state index in [1.165, 1.54) is 3.97 Å². The maximum absolute atomic E-state index is 13.3. The molecule has 0 bridgehead atoms. The van der Waals surface area contributed by atoms with Crippen LogP contribution in [0, 0.1) is 0 Å². The van der Waals surface area contributed by atoms with Gasteiger partial charge in [-0.15, -0.1) is 0 Å². The van der Waals surface area contributed by atoms with Crippen LogP contribution >= 0.6 is 0 Å². The second-order valence-electron chi connectivity index (χ2n) is 9.59. The minimum Gasteiger partial charge on any atom is -0.399 e. The smallest absolute Gasteiger partial charge is 0.399 e. The Morgan fingerprint density at radius 1 is 1.06 bits per heavy atom. The van der Waals surface area contributed by atoms with Gasteiger partial charge in [0.1, 0.15) is 0 Å². The molecular formula is C23H27BN2O4S. The Hall–Kier alpha value is -2.16. The highest BCUT2D eigenvalue weighted by Crippen LogP contribution is 2.41. The summed E-state index contributed by atoms with van der Waals surface area (Å²) in [4.78, 5) is 4.78. The number of pyridine rings is 1. The summed E-state index contributed by atoms with van der Waals surface area (Å²) < 4.78 is 40.5. The molecule has 2 fully saturated rings. The Morgan fingerprint density at radius 3 is 2.32 bits per heavy atom. The van der Waals surface area contributed by atoms with E-state index in [9.17, 15) is 8.42 Å². The summed E-state index contributed by atoms with van der Waals surface area (Å²) in [7, 11) is -4.20. The van der Waals surface area contributed by atoms with Crippen molar-refractivity contribution < 1.29 is 17.7 Å². The fraction of sp³-hybridized carbons (Fsp3) is 0.435. The highest BCUT2D eigenvalue weighted by atomic mass is 32.2. The van der Waals surface area contributed by atoms with Crippen molar-refractivity contribution in [2.75, 3.05) is 0 Å². The molecule has 1 saturated carbocycles. The van der Waals surface area contributed by atoms with Gasteiger partial charge in [0, 0.05) is 23.2 Å². The third-order valence-electron chi connectivity index (χ3n) is 6.67. The van der Waals surface area contributed by atoms with Crippen molar-refractivity contribution in [3.8, 4) is 0 Å². The molecule has 2 aromatic heterocycles. The third-order valence-corrected chi connectivity index (χ3v) is 8.26. The standard InChI is InChI=1S/C23H27BN2O4S/c1-22(2)23(3,4)30-24(29-22)19-14-20(17-10-11-17)25-21-18(19)12-13-26(21)31(27,28)15-16-8-6-5-7-9-16/h5-9,12-14,17H,10-11,15H2,1-4H3. The van der Waals surface area contributed by atoms with Gasteiger partial charge in [0.05, 0.1) is 17.0 Å². The first kappa shape index (κ1) is 20.7. The molecule has 2 aliphatic rings. The highest BCUT2D eigenvalue weighted by Gasteiger charge is 2.52. The van der Waals surface area contributed by atoms with E-state index in [4.69, 9.17) is 14.3 Å². The quantitative estimate of drug-likeness (QED) is 0.570. The van der Waals surface area contributed by atoms with Crippen molar-refractivity contribution in [2.24, 2.45) is 0 Å². The molecule has 0 amide bonds. The van der Waals surface area contributed by atoms with Crippen LogP contribution in [0.4, 0.5) is 0 Å². The normalized spacial score (nSPS) is 20.5. The van der Waals surface area contributed by atoms with Gasteiger partial charge in [0.15, 0.2) is 5.65 Å². The predicted molar refractivity (Wildman–Crippen MR) is 122 cm³/mol. The molecule has 0 radical (unpaired) electrons. The van der Waals surface area contributed by atoms with E-state index in [1.54, 1.807) is 6.20 Å². The van der Waals surface area contributed by atoms with Crippen LogP contribution in [-0.2, 0) is 25.1 Å². The van der Waals surface area contributed by atoms with Crippen molar-refractivity contribution in [1.82, 2.24) is 8.96 Å². The Balaban J connectivity index is 1.62. The highest BCUT2D eigenvalue weighted by molar-refractivity contribution is 7.89. The van der Waals surface area contributed by atoms with E-state index in [1.807, 2.05) is 70.2 Å². The number of aromatic nitrogens is 2. The van der Waals surface area contributed by atoms with Crippen molar-refractivity contribution in [3.63, 3.8) is 0 Å². The van der Waals surface area contributed by atoms with E-state index in [2.05, 4.69) is 0 Å². The van der Waals surface area contributed by atoms with Crippen LogP contribution in [0.1, 0.15) is 57.7 Å². The number of hydrogen-bond acceptors (Lipinski definition) is 5. The second-order valence-corrected chi connectivity index (χ2v) is 11.4. The van der Waals surface area contributed by atoms with Gasteiger partial charge in [-0.1, -0.05) is 30.3 Å². The molecule has 1 aliphatic heterocycles. The molecule has 0 unspecified atom stereocenters. The molecule has 3 aromatic rings. The largest absolute Gasteiger partial charge is 0.495 e. The zero-order valence-electron chi connectivity index (χ0n) is 18.3. The Labute approximate surface area is 183 Å². The van der Waals surface area contributed by atoms with Gasteiger partial charge >= 0.3 is 7.12 Å². The van der Waals surface area contributed by atoms with E-state index in [0.29, 0.717) is 11.6 Å². The van der Waals surface area contributed by atoms with E-state index < -0.39 is 28.3 Å². The number of benzene rings is 1. The molecule has 1 saturated heterocycles. The van der Waals surface area contributed by atoms with Crippen molar-refractivity contribution in [3.05, 3.63) is 59.9 Å². The van der Waals surface area contributed by atoms with E-state index in [-0.39, 0.29) is 5.75 Å². The van der Waals surface area contributed by atoms with Crippen LogP contribution in [0.3, 0.4) is 0 Å². The zero-order chi connectivity index (χ0) is 22.0. The first-order valence-corrected chi connectivity index (χ1v) is 12.3. The monoisotopic (exact) mass is 438 g/mol. The van der Waals surface area contributed by atoms with Gasteiger partial charge in [0.25, 0.3) is 0 Å². The fourth-order valence-electron chi connectivity index (χ4n) is 3.96. The molecule has 6 nitrogen and oxygen atoms in total. The molecule has 5 rings (SSSR count). The van der Waals surface area contributed by atoms with Gasteiger partial charge in [0.2, 0.25) is 10.0 Å². The van der Waals surface area contributed by atoms with Gasteiger partial charge in [-0.3, -0.25) is 0 Å². The van der Waals surface area contributed by atoms with Crippen LogP contribution in [0.2, 0.25) is 0 Å². The molecular weight excluding hydrogens is 411 g/mol. The van der Waals surface area contributed by atoms with Crippen LogP contribution in [0.5, 0.6) is 0 Å². The maximum atomic E-state index is 13.3. The zero-order valence-corrected chi connectivity index (χ0v) is 19.1. The Kier molecular flexibility index (Phi) is 4.63. The maximum Gasteiger partial charge on any atom is 0.495 e. The molecule has 0 spiro atoms. The third kappa shape index (κ3) is 3.60. The molecule has 8 heteroatoms. The fourth-order valence-corrected chi connectivity index (χ4v) is 5.37. The summed E-state index contributed by atoms with van der Waals surface area (Å²) in [5.41, 5.74) is 1.99. The summed E-state index contributed by atoms with van der Waals surface area (Å²) in [5.74, 6) is 0.282. The number of rotatable bonds is 5. The van der Waals surface area contributed by atoms with Crippen molar-refractivity contribution in [2.45, 2.75) is 63.4 Å². The van der Waals surface area contributed by atoms with Crippen LogP contribution < -0.4 is 5.46 Å². The lowest BCUT2D eigenvalue weighted by Crippen LogP contribution is -2.41. The minimum absolute atomic E-state index is 0.0845. The Bertz CT molecular complexity index is 1230. The molecule has 1 aromatic carbocycles. The van der Waals surface area contributed by atoms with Gasteiger partial charge in [-0.2, -0.15) is 0 Å². The summed E-state index contributed by atoms with van der Waals surface area (Å²) in [6.07, 6.45) is 3.74. The lowest BCUT2D eigenvalue weighted by molar-refractivity contribution is 0.00578. The van der Waals surface area contributed by atoms with E-state index >= 15 is 0 Å². The first-order chi connectivity index (χ1) is 14.6. The lowest BCUT2D eigenvalue weighted by Gasteiger charge is -2.32. The number of hydrogen-bond donors (Lipinski definition) is 0. The van der Waals surface area contributed by atoms with Gasteiger partial charge < -0.3 is 9.31 Å². The first-order valence-electron chi connectivity index (χ1n) is 10.7. The number of fused-ring (bicyclic) bond motifs is 1. The van der Waals surface area contributed by atoms with Gasteiger partial charge in [-0.25, -0.2) is 17.4 Å². The summed E-state index contributed by atoms with van der Waals surface area (Å²) in [6, 6.07) is 13.1. The minimum atomic E-state index is -3.63. The van der Waals surface area contributed by atoms with Crippen LogP contribution in [0.15, 0.2) is 48.7 Å². The van der Waals surface area contributed by atoms with Crippen molar-refractivity contribution >= 4 is 33.6 Å². The SMILES string of the molecule is CC1(C)OB(c2cc(C3CC3)nc3c2ccn3S(=O)(=O)Cc2ccccc2)OC1(C)C. The average Bonchev–Trinajstić information content (AvgIpc) is 3.40. The molecule has 0 atom stereocenters. The van der Waals surface area contributed by atoms with Gasteiger partial charge in [-0.05, 0) is 63.7 Å². The molecule has 3 heterocycles.